The van der Waals surface area contributed by atoms with Crippen molar-refractivity contribution in [2.75, 3.05) is 7.11 Å². The van der Waals surface area contributed by atoms with Crippen LogP contribution in [0.2, 0.25) is 0 Å². The molecule has 0 bridgehead atoms. The first-order chi connectivity index (χ1) is 7.53. The summed E-state index contributed by atoms with van der Waals surface area (Å²) >= 11 is 0. The van der Waals surface area contributed by atoms with Gasteiger partial charge in [-0.05, 0) is 31.8 Å². The van der Waals surface area contributed by atoms with E-state index in [9.17, 15) is 5.11 Å². The van der Waals surface area contributed by atoms with Gasteiger partial charge in [0.25, 0.3) is 0 Å². The number of aliphatic hydroxyl groups excluding tert-OH is 1. The molecule has 1 fully saturated rings. The molecule has 3 nitrogen and oxygen atoms in total. The Bertz CT molecular complexity index is 239. The van der Waals surface area contributed by atoms with Crippen LogP contribution in [0.1, 0.15) is 46.0 Å². The molecular formula is C13H24O3. The number of ether oxygens (including phenoxy) is 2. The molecule has 16 heavy (non-hydrogen) atoms. The van der Waals surface area contributed by atoms with Crippen LogP contribution in [0.15, 0.2) is 12.2 Å². The highest BCUT2D eigenvalue weighted by atomic mass is 16.6. The summed E-state index contributed by atoms with van der Waals surface area (Å²) in [6.07, 6.45) is 4.30. The lowest BCUT2D eigenvalue weighted by atomic mass is 9.95. The minimum absolute atomic E-state index is 0.214. The lowest BCUT2D eigenvalue weighted by Gasteiger charge is -2.32. The van der Waals surface area contributed by atoms with Crippen LogP contribution < -0.4 is 0 Å². The fraction of sp³-hybridized carbons (Fsp3) is 0.846. The quantitative estimate of drug-likeness (QED) is 0.561. The molecule has 3 atom stereocenters. The highest BCUT2D eigenvalue weighted by molar-refractivity contribution is 4.97. The van der Waals surface area contributed by atoms with Gasteiger partial charge in [-0.3, -0.25) is 0 Å². The summed E-state index contributed by atoms with van der Waals surface area (Å²) in [5, 5.41) is 9.78. The molecule has 0 spiro atoms. The van der Waals surface area contributed by atoms with Crippen molar-refractivity contribution in [2.24, 2.45) is 0 Å². The Morgan fingerprint density at radius 1 is 1.62 bits per heavy atom. The fourth-order valence-electron chi connectivity index (χ4n) is 2.43. The van der Waals surface area contributed by atoms with Gasteiger partial charge in [0.2, 0.25) is 0 Å². The number of aliphatic hydroxyl groups is 1. The van der Waals surface area contributed by atoms with Crippen molar-refractivity contribution in [1.29, 1.82) is 0 Å². The van der Waals surface area contributed by atoms with Crippen molar-refractivity contribution >= 4 is 0 Å². The van der Waals surface area contributed by atoms with Crippen molar-refractivity contribution in [3.05, 3.63) is 12.2 Å². The first-order valence-corrected chi connectivity index (χ1v) is 6.07. The predicted octanol–water partition coefficient (Wildman–Crippen LogP) is 2.64. The van der Waals surface area contributed by atoms with E-state index in [2.05, 4.69) is 13.5 Å². The molecule has 3 heteroatoms. The van der Waals surface area contributed by atoms with Gasteiger partial charge in [-0.2, -0.15) is 0 Å². The van der Waals surface area contributed by atoms with E-state index in [1.165, 1.54) is 0 Å². The Balaban J connectivity index is 2.63. The lowest BCUT2D eigenvalue weighted by molar-refractivity contribution is -0.170. The van der Waals surface area contributed by atoms with Crippen molar-refractivity contribution in [3.8, 4) is 0 Å². The normalized spacial score (nSPS) is 31.6. The van der Waals surface area contributed by atoms with Gasteiger partial charge < -0.3 is 14.6 Å². The van der Waals surface area contributed by atoms with Gasteiger partial charge in [0.1, 0.15) is 0 Å². The highest BCUT2D eigenvalue weighted by Crippen LogP contribution is 2.39. The molecule has 0 aromatic carbocycles. The molecule has 1 rings (SSSR count). The Morgan fingerprint density at radius 3 is 2.75 bits per heavy atom. The van der Waals surface area contributed by atoms with Crippen LogP contribution in [-0.2, 0) is 9.47 Å². The third-order valence-corrected chi connectivity index (χ3v) is 3.34. The van der Waals surface area contributed by atoms with Crippen LogP contribution in [0, 0.1) is 0 Å². The molecule has 1 N–H and O–H groups in total. The summed E-state index contributed by atoms with van der Waals surface area (Å²) in [4.78, 5) is 0. The van der Waals surface area contributed by atoms with Gasteiger partial charge >= 0.3 is 0 Å². The van der Waals surface area contributed by atoms with Crippen molar-refractivity contribution in [1.82, 2.24) is 0 Å². The van der Waals surface area contributed by atoms with E-state index in [1.54, 1.807) is 14.0 Å². The van der Waals surface area contributed by atoms with Gasteiger partial charge in [0.05, 0.1) is 11.7 Å². The maximum atomic E-state index is 9.78. The largest absolute Gasteiger partial charge is 0.381 e. The van der Waals surface area contributed by atoms with E-state index in [-0.39, 0.29) is 11.7 Å². The topological polar surface area (TPSA) is 38.7 Å². The minimum Gasteiger partial charge on any atom is -0.381 e. The van der Waals surface area contributed by atoms with Crippen LogP contribution in [0.3, 0.4) is 0 Å². The van der Waals surface area contributed by atoms with E-state index >= 15 is 0 Å². The molecule has 0 saturated heterocycles. The molecule has 1 aliphatic rings. The smallest absolute Gasteiger partial charge is 0.177 e. The molecule has 0 heterocycles. The zero-order valence-corrected chi connectivity index (χ0v) is 10.7. The summed E-state index contributed by atoms with van der Waals surface area (Å²) in [5.74, 6) is 0. The van der Waals surface area contributed by atoms with E-state index in [0.29, 0.717) is 5.57 Å². The molecule has 0 aromatic rings. The first kappa shape index (κ1) is 13.7. The summed E-state index contributed by atoms with van der Waals surface area (Å²) < 4.78 is 11.2. The number of hydrogen-bond acceptors (Lipinski definition) is 3. The van der Waals surface area contributed by atoms with Crippen LogP contribution in [0.5, 0.6) is 0 Å². The average molecular weight is 228 g/mol. The third-order valence-electron chi connectivity index (χ3n) is 3.34. The Labute approximate surface area is 98.4 Å². The minimum atomic E-state index is -0.845. The first-order valence-electron chi connectivity index (χ1n) is 6.07. The zero-order chi connectivity index (χ0) is 12.2. The Morgan fingerprint density at radius 2 is 2.31 bits per heavy atom. The number of rotatable bonds is 6. The van der Waals surface area contributed by atoms with E-state index < -0.39 is 6.29 Å². The molecule has 94 valence electrons. The summed E-state index contributed by atoms with van der Waals surface area (Å²) in [6, 6.07) is 0. The second kappa shape index (κ2) is 5.80. The van der Waals surface area contributed by atoms with Crippen molar-refractivity contribution < 1.29 is 14.6 Å². The van der Waals surface area contributed by atoms with Crippen LogP contribution >= 0.6 is 0 Å². The fourth-order valence-corrected chi connectivity index (χ4v) is 2.43. The molecule has 0 radical (unpaired) electrons. The summed E-state index contributed by atoms with van der Waals surface area (Å²) in [7, 11) is 1.74. The second-order valence-electron chi connectivity index (χ2n) is 4.85. The van der Waals surface area contributed by atoms with E-state index in [1.807, 2.05) is 0 Å². The SMILES string of the molecule is C=C(C)C(O)OC1(CCC)CCC(OC)C1. The zero-order valence-electron chi connectivity index (χ0n) is 10.7. The number of hydrogen-bond donors (Lipinski definition) is 1. The molecule has 3 unspecified atom stereocenters. The standard InChI is InChI=1S/C13H24O3/c1-5-7-13(16-12(14)10(2)3)8-6-11(9-13)15-4/h11-12,14H,2,5-9H2,1,3-4H3. The third kappa shape index (κ3) is 3.30. The Hall–Kier alpha value is -0.380. The molecule has 0 amide bonds. The number of methoxy groups -OCH3 is 1. The van der Waals surface area contributed by atoms with Crippen LogP contribution in [0.4, 0.5) is 0 Å². The monoisotopic (exact) mass is 228 g/mol. The predicted molar refractivity (Wildman–Crippen MR) is 64.2 cm³/mol. The molecule has 1 aliphatic carbocycles. The van der Waals surface area contributed by atoms with Crippen LogP contribution in [-0.4, -0.2) is 30.2 Å². The summed E-state index contributed by atoms with van der Waals surface area (Å²) in [5.41, 5.74) is 0.449. The van der Waals surface area contributed by atoms with E-state index in [0.717, 1.165) is 32.1 Å². The summed E-state index contributed by atoms with van der Waals surface area (Å²) in [6.45, 7) is 7.64. The van der Waals surface area contributed by atoms with Gasteiger partial charge in [-0.1, -0.05) is 19.9 Å². The average Bonchev–Trinajstić information content (AvgIpc) is 2.62. The molecule has 0 aliphatic heterocycles. The Kier molecular flexibility index (Phi) is 4.96. The lowest BCUT2D eigenvalue weighted by Crippen LogP contribution is -2.35. The van der Waals surface area contributed by atoms with Gasteiger partial charge in [-0.15, -0.1) is 0 Å². The maximum Gasteiger partial charge on any atom is 0.177 e. The van der Waals surface area contributed by atoms with Crippen molar-refractivity contribution in [3.63, 3.8) is 0 Å². The van der Waals surface area contributed by atoms with E-state index in [4.69, 9.17) is 9.47 Å². The van der Waals surface area contributed by atoms with Gasteiger partial charge in [0.15, 0.2) is 6.29 Å². The molecule has 0 aromatic heterocycles. The molecular weight excluding hydrogens is 204 g/mol. The highest BCUT2D eigenvalue weighted by Gasteiger charge is 2.41. The maximum absolute atomic E-state index is 9.78. The van der Waals surface area contributed by atoms with Crippen molar-refractivity contribution in [2.45, 2.75) is 63.9 Å². The van der Waals surface area contributed by atoms with Crippen LogP contribution in [0.25, 0.3) is 0 Å². The van der Waals surface area contributed by atoms with Gasteiger partial charge in [0, 0.05) is 13.5 Å². The van der Waals surface area contributed by atoms with Gasteiger partial charge in [-0.25, -0.2) is 0 Å². The molecule has 1 saturated carbocycles. The second-order valence-corrected chi connectivity index (χ2v) is 4.85.